The minimum atomic E-state index is -0.182. The molecule has 0 saturated heterocycles. The van der Waals surface area contributed by atoms with Crippen molar-refractivity contribution in [3.63, 3.8) is 0 Å². The van der Waals surface area contributed by atoms with Gasteiger partial charge in [-0.2, -0.15) is 0 Å². The third-order valence-corrected chi connectivity index (χ3v) is 3.20. The molecule has 0 aliphatic heterocycles. The Kier molecular flexibility index (Phi) is 3.86. The average Bonchev–Trinajstić information content (AvgIpc) is 3.03. The van der Waals surface area contributed by atoms with Crippen LogP contribution in [0.15, 0.2) is 49.1 Å². The van der Waals surface area contributed by atoms with Crippen molar-refractivity contribution >= 4 is 11.6 Å². The molecule has 22 heavy (non-hydrogen) atoms. The number of anilines is 1. The summed E-state index contributed by atoms with van der Waals surface area (Å²) in [6.07, 6.45) is 4.92. The minimum Gasteiger partial charge on any atom is -0.324 e. The van der Waals surface area contributed by atoms with E-state index in [1.165, 1.54) is 11.0 Å². The van der Waals surface area contributed by atoms with Crippen LogP contribution in [0.1, 0.15) is 5.56 Å². The van der Waals surface area contributed by atoms with Crippen LogP contribution in [0.5, 0.6) is 0 Å². The highest BCUT2D eigenvalue weighted by Crippen LogP contribution is 2.24. The largest absolute Gasteiger partial charge is 0.324 e. The van der Waals surface area contributed by atoms with E-state index in [9.17, 15) is 4.79 Å². The zero-order valence-electron chi connectivity index (χ0n) is 12.0. The van der Waals surface area contributed by atoms with Crippen LogP contribution in [-0.4, -0.2) is 31.1 Å². The van der Waals surface area contributed by atoms with Crippen LogP contribution in [0.25, 0.3) is 11.1 Å². The van der Waals surface area contributed by atoms with E-state index in [1.54, 1.807) is 12.4 Å². The van der Waals surface area contributed by atoms with Gasteiger partial charge in [-0.3, -0.25) is 9.78 Å². The van der Waals surface area contributed by atoms with Gasteiger partial charge in [-0.15, -0.1) is 5.10 Å². The number of aromatic nitrogens is 5. The minimum absolute atomic E-state index is 0.0730. The summed E-state index contributed by atoms with van der Waals surface area (Å²) >= 11 is 0. The maximum Gasteiger partial charge on any atom is 0.246 e. The van der Waals surface area contributed by atoms with Gasteiger partial charge < -0.3 is 5.32 Å². The van der Waals surface area contributed by atoms with Gasteiger partial charge in [0.15, 0.2) is 0 Å². The summed E-state index contributed by atoms with van der Waals surface area (Å²) in [6, 6.07) is 9.76. The van der Waals surface area contributed by atoms with Crippen molar-refractivity contribution in [2.24, 2.45) is 0 Å². The van der Waals surface area contributed by atoms with E-state index in [0.29, 0.717) is 0 Å². The standard InChI is InChI=1S/C15H14N6O/c1-11-4-5-12(13-3-2-6-16-8-13)7-14(11)18-15(22)9-21-10-17-19-20-21/h2-8,10H,9H2,1H3,(H,18,22). The number of aryl methyl sites for hydroxylation is 1. The molecule has 0 aliphatic rings. The lowest BCUT2D eigenvalue weighted by Crippen LogP contribution is -2.19. The van der Waals surface area contributed by atoms with Gasteiger partial charge in [-0.25, -0.2) is 4.68 Å². The predicted octanol–water partition coefficient (Wildman–Crippen LogP) is 1.68. The zero-order chi connectivity index (χ0) is 15.4. The zero-order valence-corrected chi connectivity index (χ0v) is 12.0. The summed E-state index contributed by atoms with van der Waals surface area (Å²) in [6.45, 7) is 2.02. The second-order valence-electron chi connectivity index (χ2n) is 4.83. The van der Waals surface area contributed by atoms with Crippen LogP contribution in [0.2, 0.25) is 0 Å². The van der Waals surface area contributed by atoms with Crippen molar-refractivity contribution in [2.75, 3.05) is 5.32 Å². The van der Waals surface area contributed by atoms with E-state index in [0.717, 1.165) is 22.4 Å². The van der Waals surface area contributed by atoms with Crippen molar-refractivity contribution in [1.29, 1.82) is 0 Å². The van der Waals surface area contributed by atoms with E-state index in [-0.39, 0.29) is 12.5 Å². The van der Waals surface area contributed by atoms with Gasteiger partial charge in [0.1, 0.15) is 12.9 Å². The molecule has 1 N–H and O–H groups in total. The maximum absolute atomic E-state index is 12.0. The summed E-state index contributed by atoms with van der Waals surface area (Å²) in [5.74, 6) is -0.182. The van der Waals surface area contributed by atoms with E-state index in [1.807, 2.05) is 37.3 Å². The quantitative estimate of drug-likeness (QED) is 0.791. The molecule has 0 unspecified atom stereocenters. The van der Waals surface area contributed by atoms with Gasteiger partial charge in [-0.1, -0.05) is 18.2 Å². The van der Waals surface area contributed by atoms with Gasteiger partial charge in [0.05, 0.1) is 0 Å². The van der Waals surface area contributed by atoms with Gasteiger partial charge in [-0.05, 0) is 40.6 Å². The van der Waals surface area contributed by atoms with Crippen molar-refractivity contribution in [3.05, 3.63) is 54.6 Å². The molecule has 0 aliphatic carbocycles. The van der Waals surface area contributed by atoms with Crippen LogP contribution in [-0.2, 0) is 11.3 Å². The molecule has 0 spiro atoms. The van der Waals surface area contributed by atoms with E-state index in [4.69, 9.17) is 0 Å². The molecule has 0 atom stereocenters. The van der Waals surface area contributed by atoms with E-state index < -0.39 is 0 Å². The Morgan fingerprint density at radius 1 is 1.27 bits per heavy atom. The number of hydrogen-bond acceptors (Lipinski definition) is 5. The number of benzene rings is 1. The Morgan fingerprint density at radius 2 is 2.18 bits per heavy atom. The molecule has 7 heteroatoms. The first-order valence-electron chi connectivity index (χ1n) is 6.74. The number of nitrogens with zero attached hydrogens (tertiary/aromatic N) is 5. The molecule has 3 aromatic rings. The molecule has 110 valence electrons. The fourth-order valence-electron chi connectivity index (χ4n) is 2.06. The molecule has 0 fully saturated rings. The fraction of sp³-hybridized carbons (Fsp3) is 0.133. The van der Waals surface area contributed by atoms with Gasteiger partial charge in [0.2, 0.25) is 5.91 Å². The summed E-state index contributed by atoms with van der Waals surface area (Å²) in [5.41, 5.74) is 3.74. The van der Waals surface area contributed by atoms with E-state index >= 15 is 0 Å². The highest BCUT2D eigenvalue weighted by Gasteiger charge is 2.08. The first-order chi connectivity index (χ1) is 10.7. The lowest BCUT2D eigenvalue weighted by molar-refractivity contribution is -0.116. The van der Waals surface area contributed by atoms with Crippen molar-refractivity contribution in [3.8, 4) is 11.1 Å². The second kappa shape index (κ2) is 6.13. The van der Waals surface area contributed by atoms with Gasteiger partial charge in [0, 0.05) is 23.6 Å². The topological polar surface area (TPSA) is 85.6 Å². The summed E-state index contributed by atoms with van der Waals surface area (Å²) in [7, 11) is 0. The number of amides is 1. The van der Waals surface area contributed by atoms with Crippen LogP contribution < -0.4 is 5.32 Å². The van der Waals surface area contributed by atoms with Gasteiger partial charge >= 0.3 is 0 Å². The first-order valence-corrected chi connectivity index (χ1v) is 6.74. The molecule has 7 nitrogen and oxygen atoms in total. The van der Waals surface area contributed by atoms with Crippen molar-refractivity contribution in [2.45, 2.75) is 13.5 Å². The lowest BCUT2D eigenvalue weighted by Gasteiger charge is -2.10. The Bertz CT molecular complexity index is 770. The Balaban J connectivity index is 1.80. The third-order valence-electron chi connectivity index (χ3n) is 3.20. The SMILES string of the molecule is Cc1ccc(-c2cccnc2)cc1NC(=O)Cn1cnnn1. The highest BCUT2D eigenvalue weighted by molar-refractivity contribution is 5.92. The summed E-state index contributed by atoms with van der Waals surface area (Å²) in [5, 5.41) is 13.6. The predicted molar refractivity (Wildman–Crippen MR) is 80.9 cm³/mol. The number of pyridine rings is 1. The molecular weight excluding hydrogens is 280 g/mol. The van der Waals surface area contributed by atoms with Crippen molar-refractivity contribution < 1.29 is 4.79 Å². The van der Waals surface area contributed by atoms with Gasteiger partial charge in [0.25, 0.3) is 0 Å². The molecule has 0 bridgehead atoms. The van der Waals surface area contributed by atoms with Crippen molar-refractivity contribution in [1.82, 2.24) is 25.2 Å². The molecule has 2 aromatic heterocycles. The second-order valence-corrected chi connectivity index (χ2v) is 4.83. The Labute approximate surface area is 127 Å². The molecule has 2 heterocycles. The molecular formula is C15H14N6O. The number of rotatable bonds is 4. The Hall–Kier alpha value is -3.09. The summed E-state index contributed by atoms with van der Waals surface area (Å²) < 4.78 is 1.37. The van der Waals surface area contributed by atoms with Crippen LogP contribution >= 0.6 is 0 Å². The normalized spacial score (nSPS) is 10.4. The smallest absolute Gasteiger partial charge is 0.246 e. The maximum atomic E-state index is 12.0. The number of carbonyl (C=O) groups is 1. The average molecular weight is 294 g/mol. The van der Waals surface area contributed by atoms with Crippen LogP contribution in [0.3, 0.4) is 0 Å². The number of tetrazole rings is 1. The van der Waals surface area contributed by atoms with E-state index in [2.05, 4.69) is 25.8 Å². The Morgan fingerprint density at radius 3 is 2.91 bits per heavy atom. The molecule has 0 saturated carbocycles. The highest BCUT2D eigenvalue weighted by atomic mass is 16.2. The first kappa shape index (κ1) is 13.9. The van der Waals surface area contributed by atoms with Crippen LogP contribution in [0.4, 0.5) is 5.69 Å². The third kappa shape index (κ3) is 3.14. The number of hydrogen-bond donors (Lipinski definition) is 1. The summed E-state index contributed by atoms with van der Waals surface area (Å²) in [4.78, 5) is 16.2. The monoisotopic (exact) mass is 294 g/mol. The fourth-order valence-corrected chi connectivity index (χ4v) is 2.06. The molecule has 3 rings (SSSR count). The molecule has 1 amide bonds. The number of carbonyl (C=O) groups excluding carboxylic acids is 1. The number of nitrogens with one attached hydrogen (secondary N) is 1. The lowest BCUT2D eigenvalue weighted by atomic mass is 10.0. The molecule has 0 radical (unpaired) electrons. The molecule has 1 aromatic carbocycles. The van der Waals surface area contributed by atoms with Crippen LogP contribution in [0, 0.1) is 6.92 Å².